The Balaban J connectivity index is 2.27. The van der Waals surface area contributed by atoms with Gasteiger partial charge in [0, 0.05) is 25.7 Å². The van der Waals surface area contributed by atoms with Crippen LogP contribution < -0.4 is 5.32 Å². The molecule has 0 aromatic heterocycles. The lowest BCUT2D eigenvalue weighted by molar-refractivity contribution is 0.115. The molecule has 1 aliphatic carbocycles. The highest BCUT2D eigenvalue weighted by Gasteiger charge is 2.33. The van der Waals surface area contributed by atoms with Crippen molar-refractivity contribution in [2.75, 3.05) is 33.4 Å². The maximum Gasteiger partial charge on any atom is 0.116 e. The molecule has 4 heteroatoms. The van der Waals surface area contributed by atoms with Crippen LogP contribution >= 0.6 is 0 Å². The van der Waals surface area contributed by atoms with Crippen molar-refractivity contribution in [2.45, 2.75) is 38.3 Å². The number of nitriles is 1. The van der Waals surface area contributed by atoms with Crippen molar-refractivity contribution < 1.29 is 4.74 Å². The maximum atomic E-state index is 9.21. The van der Waals surface area contributed by atoms with E-state index in [9.17, 15) is 5.26 Å². The predicted octanol–water partition coefficient (Wildman–Crippen LogP) is 0.989. The van der Waals surface area contributed by atoms with E-state index in [4.69, 9.17) is 4.74 Å². The summed E-state index contributed by atoms with van der Waals surface area (Å²) in [4.78, 5) is 2.15. The van der Waals surface area contributed by atoms with E-state index in [1.54, 1.807) is 0 Å². The molecule has 92 valence electrons. The second-order valence-electron chi connectivity index (χ2n) is 4.80. The molecule has 1 N–H and O–H groups in total. The Morgan fingerprint density at radius 1 is 1.56 bits per heavy atom. The Bertz CT molecular complexity index is 247. The number of nitrogens with zero attached hydrogens (tertiary/aromatic N) is 2. The topological polar surface area (TPSA) is 48.3 Å². The van der Waals surface area contributed by atoms with Crippen LogP contribution in [0, 0.1) is 11.3 Å². The fourth-order valence-corrected chi connectivity index (χ4v) is 1.78. The van der Waals surface area contributed by atoms with Gasteiger partial charge in [-0.2, -0.15) is 5.26 Å². The molecular weight excluding hydrogens is 202 g/mol. The van der Waals surface area contributed by atoms with E-state index < -0.39 is 5.54 Å². The summed E-state index contributed by atoms with van der Waals surface area (Å²) < 4.78 is 5.30. The van der Waals surface area contributed by atoms with E-state index in [1.165, 1.54) is 12.8 Å². The van der Waals surface area contributed by atoms with Crippen molar-refractivity contribution in [1.29, 1.82) is 5.26 Å². The van der Waals surface area contributed by atoms with Crippen molar-refractivity contribution in [3.63, 3.8) is 0 Å². The first-order valence-corrected chi connectivity index (χ1v) is 6.05. The number of nitrogens with one attached hydrogen (secondary N) is 1. The highest BCUT2D eigenvalue weighted by Crippen LogP contribution is 2.22. The molecule has 1 fully saturated rings. The number of ether oxygens (including phenoxy) is 1. The molecule has 1 saturated carbocycles. The van der Waals surface area contributed by atoms with Gasteiger partial charge < -0.3 is 9.64 Å². The van der Waals surface area contributed by atoms with Crippen LogP contribution in [0.25, 0.3) is 0 Å². The zero-order valence-corrected chi connectivity index (χ0v) is 10.6. The second-order valence-corrected chi connectivity index (χ2v) is 4.80. The maximum absolute atomic E-state index is 9.21. The summed E-state index contributed by atoms with van der Waals surface area (Å²) in [7, 11) is 2.03. The van der Waals surface area contributed by atoms with Gasteiger partial charge in [0.25, 0.3) is 0 Å². The van der Waals surface area contributed by atoms with E-state index in [-0.39, 0.29) is 0 Å². The first-order chi connectivity index (χ1) is 7.59. The summed E-state index contributed by atoms with van der Waals surface area (Å²) >= 11 is 0. The molecule has 1 atom stereocenters. The molecular formula is C12H23N3O. The summed E-state index contributed by atoms with van der Waals surface area (Å²) in [5, 5.41) is 12.6. The Morgan fingerprint density at radius 2 is 2.25 bits per heavy atom. The van der Waals surface area contributed by atoms with Crippen LogP contribution in [0.15, 0.2) is 0 Å². The van der Waals surface area contributed by atoms with E-state index in [1.807, 2.05) is 20.9 Å². The van der Waals surface area contributed by atoms with Gasteiger partial charge in [0.2, 0.25) is 0 Å². The third-order valence-corrected chi connectivity index (χ3v) is 2.75. The van der Waals surface area contributed by atoms with Crippen molar-refractivity contribution >= 4 is 0 Å². The molecule has 0 aromatic carbocycles. The van der Waals surface area contributed by atoms with Gasteiger partial charge in [-0.15, -0.1) is 0 Å². The fourth-order valence-electron chi connectivity index (χ4n) is 1.78. The number of likely N-dealkylation sites (N-methyl/N-ethyl adjacent to an activating group) is 1. The third-order valence-electron chi connectivity index (χ3n) is 2.75. The predicted molar refractivity (Wildman–Crippen MR) is 64.2 cm³/mol. The standard InChI is InChI=1S/C12H23N3O/c1-4-16-8-7-15(3)10-12(2,9-13)14-11-5-6-11/h11,14H,4-8,10H2,1-3H3. The average Bonchev–Trinajstić information content (AvgIpc) is 3.02. The number of hydrogen-bond acceptors (Lipinski definition) is 4. The van der Waals surface area contributed by atoms with Crippen LogP contribution in [-0.4, -0.2) is 49.8 Å². The zero-order chi connectivity index (χ0) is 12.0. The normalized spacial score (nSPS) is 19.4. The van der Waals surface area contributed by atoms with Gasteiger partial charge in [0.15, 0.2) is 0 Å². The minimum atomic E-state index is -0.428. The van der Waals surface area contributed by atoms with Crippen LogP contribution in [0.4, 0.5) is 0 Å². The molecule has 4 nitrogen and oxygen atoms in total. The second kappa shape index (κ2) is 6.19. The quantitative estimate of drug-likeness (QED) is 0.626. The van der Waals surface area contributed by atoms with Gasteiger partial charge in [-0.25, -0.2) is 0 Å². The molecule has 16 heavy (non-hydrogen) atoms. The lowest BCUT2D eigenvalue weighted by atomic mass is 10.0. The summed E-state index contributed by atoms with van der Waals surface area (Å²) in [5.41, 5.74) is -0.428. The molecule has 0 bridgehead atoms. The number of hydrogen-bond donors (Lipinski definition) is 1. The average molecular weight is 225 g/mol. The largest absolute Gasteiger partial charge is 0.380 e. The van der Waals surface area contributed by atoms with Crippen molar-refractivity contribution in [1.82, 2.24) is 10.2 Å². The minimum absolute atomic E-state index is 0.428. The van der Waals surface area contributed by atoms with Crippen LogP contribution in [-0.2, 0) is 4.74 Å². The lowest BCUT2D eigenvalue weighted by Gasteiger charge is -2.28. The molecule has 0 heterocycles. The molecule has 0 spiro atoms. The van der Waals surface area contributed by atoms with Crippen molar-refractivity contribution in [3.8, 4) is 6.07 Å². The zero-order valence-electron chi connectivity index (χ0n) is 10.6. The molecule has 0 aliphatic heterocycles. The van der Waals surface area contributed by atoms with Crippen LogP contribution in [0.5, 0.6) is 0 Å². The van der Waals surface area contributed by atoms with E-state index in [0.717, 1.165) is 26.3 Å². The monoisotopic (exact) mass is 225 g/mol. The van der Waals surface area contributed by atoms with Gasteiger partial charge in [-0.3, -0.25) is 5.32 Å². The van der Waals surface area contributed by atoms with Gasteiger partial charge >= 0.3 is 0 Å². The van der Waals surface area contributed by atoms with Crippen molar-refractivity contribution in [3.05, 3.63) is 0 Å². The van der Waals surface area contributed by atoms with Gasteiger partial charge in [-0.05, 0) is 33.7 Å². The van der Waals surface area contributed by atoms with E-state index >= 15 is 0 Å². The highest BCUT2D eigenvalue weighted by atomic mass is 16.5. The van der Waals surface area contributed by atoms with Gasteiger partial charge in [0.05, 0.1) is 12.7 Å². The summed E-state index contributed by atoms with van der Waals surface area (Å²) in [6.07, 6.45) is 2.42. The molecule has 1 unspecified atom stereocenters. The molecule has 1 aliphatic rings. The molecule has 1 rings (SSSR count). The SMILES string of the molecule is CCOCCN(C)CC(C)(C#N)NC1CC1. The van der Waals surface area contributed by atoms with Gasteiger partial charge in [0.1, 0.15) is 5.54 Å². The van der Waals surface area contributed by atoms with Gasteiger partial charge in [-0.1, -0.05) is 0 Å². The molecule has 0 amide bonds. The Kier molecular flexibility index (Phi) is 5.20. The van der Waals surface area contributed by atoms with Crippen LogP contribution in [0.2, 0.25) is 0 Å². The molecule has 0 aromatic rings. The first kappa shape index (κ1) is 13.4. The lowest BCUT2D eigenvalue weighted by Crippen LogP contribution is -2.50. The number of rotatable bonds is 8. The third kappa shape index (κ3) is 4.93. The summed E-state index contributed by atoms with van der Waals surface area (Å²) in [6, 6.07) is 2.94. The Hall–Kier alpha value is -0.630. The minimum Gasteiger partial charge on any atom is -0.380 e. The Labute approximate surface area is 98.6 Å². The van der Waals surface area contributed by atoms with Crippen LogP contribution in [0.3, 0.4) is 0 Å². The summed E-state index contributed by atoms with van der Waals surface area (Å²) in [5.74, 6) is 0. The molecule has 0 saturated heterocycles. The van der Waals surface area contributed by atoms with Crippen molar-refractivity contribution in [2.24, 2.45) is 0 Å². The van der Waals surface area contributed by atoms with E-state index in [0.29, 0.717) is 6.04 Å². The smallest absolute Gasteiger partial charge is 0.116 e. The first-order valence-electron chi connectivity index (χ1n) is 6.05. The molecule has 0 radical (unpaired) electrons. The van der Waals surface area contributed by atoms with E-state index in [2.05, 4.69) is 16.3 Å². The summed E-state index contributed by atoms with van der Waals surface area (Å²) in [6.45, 7) is 7.07. The van der Waals surface area contributed by atoms with Crippen LogP contribution in [0.1, 0.15) is 26.7 Å². The Morgan fingerprint density at radius 3 is 2.75 bits per heavy atom. The highest BCUT2D eigenvalue weighted by molar-refractivity contribution is 5.08. The fraction of sp³-hybridized carbons (Fsp3) is 0.917.